The maximum atomic E-state index is 11.7. The molecule has 0 saturated carbocycles. The molecule has 0 radical (unpaired) electrons. The van der Waals surface area contributed by atoms with Gasteiger partial charge in [-0.3, -0.25) is 10.1 Å². The maximum Gasteiger partial charge on any atom is 0.324 e. The van der Waals surface area contributed by atoms with E-state index in [1.165, 1.54) is 0 Å². The zero-order valence-electron chi connectivity index (χ0n) is 13.2. The Hall–Kier alpha value is -2.13. The van der Waals surface area contributed by atoms with Crippen molar-refractivity contribution in [2.75, 3.05) is 6.26 Å². The van der Waals surface area contributed by atoms with Crippen molar-refractivity contribution in [3.63, 3.8) is 0 Å². The van der Waals surface area contributed by atoms with Gasteiger partial charge in [-0.25, -0.2) is 8.42 Å². The van der Waals surface area contributed by atoms with Gasteiger partial charge in [-0.1, -0.05) is 23.5 Å². The lowest BCUT2D eigenvalue weighted by Crippen LogP contribution is -2.24. The van der Waals surface area contributed by atoms with Gasteiger partial charge < -0.3 is 9.47 Å². The molecule has 128 valence electrons. The van der Waals surface area contributed by atoms with Crippen LogP contribution in [0.3, 0.4) is 0 Å². The van der Waals surface area contributed by atoms with E-state index in [-0.39, 0.29) is 20.6 Å². The highest BCUT2D eigenvalue weighted by Gasteiger charge is 2.33. The van der Waals surface area contributed by atoms with Crippen molar-refractivity contribution in [1.82, 2.24) is 0 Å². The summed E-state index contributed by atoms with van der Waals surface area (Å²) >= 11 is 0.728. The third-order valence-corrected chi connectivity index (χ3v) is 6.28. The Labute approximate surface area is 142 Å². The van der Waals surface area contributed by atoms with Gasteiger partial charge in [0.15, 0.2) is 21.3 Å². The van der Waals surface area contributed by atoms with E-state index in [0.29, 0.717) is 17.9 Å². The van der Waals surface area contributed by atoms with Gasteiger partial charge in [-0.15, -0.1) is 0 Å². The molecule has 0 saturated heterocycles. The van der Waals surface area contributed by atoms with Gasteiger partial charge in [0.05, 0.1) is 4.92 Å². The third-order valence-electron chi connectivity index (χ3n) is 3.48. The van der Waals surface area contributed by atoms with Gasteiger partial charge in [-0.2, -0.15) is 0 Å². The Morgan fingerprint density at radius 3 is 2.71 bits per heavy atom. The SMILES string of the molecule is CC1(C)Cc2cccc(Oc3sc(S(C)(=O)=O)cc3[N+](=O)[O-])c2O1. The van der Waals surface area contributed by atoms with Crippen molar-refractivity contribution in [2.45, 2.75) is 30.1 Å². The summed E-state index contributed by atoms with van der Waals surface area (Å²) in [5, 5.41) is 11.1. The highest BCUT2D eigenvalue weighted by atomic mass is 32.2. The first-order valence-corrected chi connectivity index (χ1v) is 9.75. The molecule has 2 aromatic rings. The van der Waals surface area contributed by atoms with Gasteiger partial charge in [0, 0.05) is 24.3 Å². The number of thiophene rings is 1. The van der Waals surface area contributed by atoms with E-state index in [9.17, 15) is 18.5 Å². The molecule has 24 heavy (non-hydrogen) atoms. The summed E-state index contributed by atoms with van der Waals surface area (Å²) in [6, 6.07) is 6.34. The van der Waals surface area contributed by atoms with E-state index in [4.69, 9.17) is 9.47 Å². The normalized spacial score (nSPS) is 15.6. The molecule has 1 aromatic carbocycles. The molecule has 1 aliphatic heterocycles. The second-order valence-electron chi connectivity index (χ2n) is 6.15. The van der Waals surface area contributed by atoms with Crippen LogP contribution in [-0.4, -0.2) is 25.2 Å². The van der Waals surface area contributed by atoms with Crippen LogP contribution in [0.2, 0.25) is 0 Å². The van der Waals surface area contributed by atoms with Crippen LogP contribution in [0.4, 0.5) is 5.69 Å². The van der Waals surface area contributed by atoms with Crippen LogP contribution in [0.1, 0.15) is 19.4 Å². The lowest BCUT2D eigenvalue weighted by molar-refractivity contribution is -0.385. The molecule has 0 atom stereocenters. The van der Waals surface area contributed by atoms with Crippen LogP contribution >= 0.6 is 11.3 Å². The Balaban J connectivity index is 2.03. The number of benzene rings is 1. The minimum absolute atomic E-state index is 0.0814. The summed E-state index contributed by atoms with van der Waals surface area (Å²) in [4.78, 5) is 10.5. The topological polar surface area (TPSA) is 95.7 Å². The lowest BCUT2D eigenvalue weighted by atomic mass is 10.0. The summed E-state index contributed by atoms with van der Waals surface area (Å²) < 4.78 is 34.7. The van der Waals surface area contributed by atoms with Crippen LogP contribution in [0.5, 0.6) is 16.6 Å². The first-order chi connectivity index (χ1) is 11.1. The zero-order valence-corrected chi connectivity index (χ0v) is 14.9. The monoisotopic (exact) mass is 369 g/mol. The summed E-state index contributed by atoms with van der Waals surface area (Å²) in [6.07, 6.45) is 1.69. The van der Waals surface area contributed by atoms with Crippen molar-refractivity contribution in [3.05, 3.63) is 39.9 Å². The average Bonchev–Trinajstić information content (AvgIpc) is 2.98. The number of rotatable bonds is 4. The summed E-state index contributed by atoms with van der Waals surface area (Å²) in [6.45, 7) is 3.87. The van der Waals surface area contributed by atoms with E-state index in [2.05, 4.69) is 0 Å². The van der Waals surface area contributed by atoms with Crippen LogP contribution in [0, 0.1) is 10.1 Å². The largest absolute Gasteiger partial charge is 0.483 e. The zero-order chi connectivity index (χ0) is 17.7. The van der Waals surface area contributed by atoms with Crippen molar-refractivity contribution in [3.8, 4) is 16.6 Å². The van der Waals surface area contributed by atoms with E-state index < -0.39 is 14.8 Å². The maximum absolute atomic E-state index is 11.7. The molecular weight excluding hydrogens is 354 g/mol. The van der Waals surface area contributed by atoms with Crippen LogP contribution in [0.15, 0.2) is 28.5 Å². The van der Waals surface area contributed by atoms with Crippen LogP contribution in [0.25, 0.3) is 0 Å². The highest BCUT2D eigenvalue weighted by Crippen LogP contribution is 2.47. The van der Waals surface area contributed by atoms with Crippen molar-refractivity contribution in [2.24, 2.45) is 0 Å². The van der Waals surface area contributed by atoms with E-state index >= 15 is 0 Å². The molecule has 7 nitrogen and oxygen atoms in total. The highest BCUT2D eigenvalue weighted by molar-refractivity contribution is 7.92. The van der Waals surface area contributed by atoms with Crippen LogP contribution in [-0.2, 0) is 16.3 Å². The molecule has 0 amide bonds. The predicted octanol–water partition coefficient (Wildman–Crippen LogP) is 3.57. The van der Waals surface area contributed by atoms with Gasteiger partial charge >= 0.3 is 5.69 Å². The van der Waals surface area contributed by atoms with Gasteiger partial charge in [-0.05, 0) is 19.9 Å². The summed E-state index contributed by atoms with van der Waals surface area (Å²) in [5.74, 6) is 0.870. The summed E-state index contributed by atoms with van der Waals surface area (Å²) in [5.41, 5.74) is 0.177. The molecule has 2 heterocycles. The van der Waals surface area contributed by atoms with Gasteiger partial charge in [0.25, 0.3) is 5.06 Å². The number of fused-ring (bicyclic) bond motifs is 1. The Bertz CT molecular complexity index is 929. The van der Waals surface area contributed by atoms with Crippen molar-refractivity contribution in [1.29, 1.82) is 0 Å². The first-order valence-electron chi connectivity index (χ1n) is 7.04. The number of hydrogen-bond acceptors (Lipinski definition) is 7. The van der Waals surface area contributed by atoms with E-state index in [1.54, 1.807) is 12.1 Å². The molecule has 0 N–H and O–H groups in total. The lowest BCUT2D eigenvalue weighted by Gasteiger charge is -2.17. The number of ether oxygens (including phenoxy) is 2. The van der Waals surface area contributed by atoms with E-state index in [0.717, 1.165) is 29.2 Å². The molecular formula is C15H15NO6S2. The minimum atomic E-state index is -3.56. The predicted molar refractivity (Wildman–Crippen MR) is 89.0 cm³/mol. The van der Waals surface area contributed by atoms with Gasteiger partial charge in [0.1, 0.15) is 9.81 Å². The molecule has 0 fully saturated rings. The molecule has 9 heteroatoms. The number of hydrogen-bond donors (Lipinski definition) is 0. The Kier molecular flexibility index (Phi) is 3.80. The third kappa shape index (κ3) is 3.09. The molecule has 1 aliphatic rings. The molecule has 0 aliphatic carbocycles. The number of para-hydroxylation sites is 1. The Morgan fingerprint density at radius 1 is 1.38 bits per heavy atom. The van der Waals surface area contributed by atoms with Crippen molar-refractivity contribution >= 4 is 26.9 Å². The first kappa shape index (κ1) is 16.7. The molecule has 3 rings (SSSR count). The molecule has 1 aromatic heterocycles. The number of nitro groups is 1. The molecule has 0 unspecified atom stereocenters. The summed E-state index contributed by atoms with van der Waals surface area (Å²) in [7, 11) is -3.56. The fraction of sp³-hybridized carbons (Fsp3) is 0.333. The van der Waals surface area contributed by atoms with E-state index in [1.807, 2.05) is 19.9 Å². The van der Waals surface area contributed by atoms with Crippen LogP contribution < -0.4 is 9.47 Å². The smallest absolute Gasteiger partial charge is 0.324 e. The van der Waals surface area contributed by atoms with Crippen molar-refractivity contribution < 1.29 is 22.8 Å². The fourth-order valence-electron chi connectivity index (χ4n) is 2.49. The molecule has 0 spiro atoms. The minimum Gasteiger partial charge on any atom is -0.483 e. The molecule has 0 bridgehead atoms. The van der Waals surface area contributed by atoms with Gasteiger partial charge in [0.2, 0.25) is 0 Å². The standard InChI is InChI=1S/C15H15NO6S2/c1-15(2)8-9-5-4-6-11(13(9)22-15)21-14-10(16(17)18)7-12(23-14)24(3,19)20/h4-7H,8H2,1-3H3. The number of sulfone groups is 1. The second-order valence-corrected chi connectivity index (χ2v) is 9.41. The number of nitrogens with zero attached hydrogens (tertiary/aromatic N) is 1. The fourth-order valence-corrected chi connectivity index (χ4v) is 4.38. The quantitative estimate of drug-likeness (QED) is 0.604. The average molecular weight is 369 g/mol. The Morgan fingerprint density at radius 2 is 2.08 bits per heavy atom. The second kappa shape index (κ2) is 5.45.